The zero-order valence-corrected chi connectivity index (χ0v) is 23.7. The van der Waals surface area contributed by atoms with E-state index in [9.17, 15) is 27.6 Å². The van der Waals surface area contributed by atoms with Gasteiger partial charge in [-0.15, -0.1) is 0 Å². The first kappa shape index (κ1) is 30.1. The van der Waals surface area contributed by atoms with Crippen LogP contribution in [-0.4, -0.2) is 67.0 Å². The monoisotopic (exact) mass is 596 g/mol. The van der Waals surface area contributed by atoms with Crippen LogP contribution in [0.15, 0.2) is 47.5 Å². The summed E-state index contributed by atoms with van der Waals surface area (Å²) in [5.41, 5.74) is -0.832. The number of carbonyl (C=O) groups is 3. The van der Waals surface area contributed by atoms with Gasteiger partial charge in [-0.2, -0.15) is 18.4 Å². The number of rotatable bonds is 9. The molecule has 1 fully saturated rings. The maximum atomic E-state index is 13.4. The van der Waals surface area contributed by atoms with Gasteiger partial charge in [0, 0.05) is 42.9 Å². The molecule has 0 unspecified atom stereocenters. The highest BCUT2D eigenvalue weighted by atomic mass is 19.4. The van der Waals surface area contributed by atoms with Gasteiger partial charge in [-0.25, -0.2) is 4.90 Å². The van der Waals surface area contributed by atoms with Crippen molar-refractivity contribution in [3.63, 3.8) is 0 Å². The van der Waals surface area contributed by atoms with Crippen LogP contribution < -0.4 is 14.4 Å². The molecule has 2 aromatic carbocycles. The summed E-state index contributed by atoms with van der Waals surface area (Å²) in [5, 5.41) is 9.02. The Hall–Kier alpha value is -4.37. The van der Waals surface area contributed by atoms with Crippen LogP contribution >= 0.6 is 0 Å². The number of alkyl halides is 3. The van der Waals surface area contributed by atoms with Gasteiger partial charge in [0.1, 0.15) is 0 Å². The number of fused-ring (bicyclic) bond motifs is 1. The van der Waals surface area contributed by atoms with Crippen LogP contribution in [0.5, 0.6) is 11.5 Å². The predicted octanol–water partition coefficient (Wildman–Crippen LogP) is 4.90. The lowest BCUT2D eigenvalue weighted by atomic mass is 10.0. The summed E-state index contributed by atoms with van der Waals surface area (Å²) in [7, 11) is 0. The quantitative estimate of drug-likeness (QED) is 0.300. The third kappa shape index (κ3) is 6.37. The average molecular weight is 597 g/mol. The minimum Gasteiger partial charge on any atom is -0.454 e. The topological polar surface area (TPSA) is 103 Å². The maximum absolute atomic E-state index is 13.4. The van der Waals surface area contributed by atoms with Crippen molar-refractivity contribution in [1.29, 1.82) is 5.26 Å². The van der Waals surface area contributed by atoms with Gasteiger partial charge < -0.3 is 14.4 Å². The number of imide groups is 1. The van der Waals surface area contributed by atoms with E-state index in [1.807, 2.05) is 4.90 Å². The van der Waals surface area contributed by atoms with E-state index >= 15 is 0 Å². The highest BCUT2D eigenvalue weighted by Gasteiger charge is 2.39. The Kier molecular flexibility index (Phi) is 8.73. The first-order valence-corrected chi connectivity index (χ1v) is 14.2. The zero-order valence-electron chi connectivity index (χ0n) is 23.7. The van der Waals surface area contributed by atoms with Crippen LogP contribution in [0.2, 0.25) is 0 Å². The standard InChI is InChI=1S/C31H31F3N4O5/c1-20-24(30(41)38(28(20)39)23-9-7-22(18-35)25(17-23)31(32,33)34)6-4-2-3-5-11-36-12-14-37(15-13-36)29(40)21-8-10-26-27(16-21)43-19-42-26/h7-10,16-17H,2-6,11-15,19H2,1H3. The molecule has 2 aromatic rings. The number of hydrogen-bond acceptors (Lipinski definition) is 7. The summed E-state index contributed by atoms with van der Waals surface area (Å²) in [6, 6.07) is 9.57. The lowest BCUT2D eigenvalue weighted by Gasteiger charge is -2.34. The molecule has 0 saturated carbocycles. The zero-order chi connectivity index (χ0) is 30.7. The Morgan fingerprint density at radius 3 is 2.37 bits per heavy atom. The molecule has 0 N–H and O–H groups in total. The van der Waals surface area contributed by atoms with Crippen LogP contribution in [0.3, 0.4) is 0 Å². The molecule has 0 radical (unpaired) electrons. The van der Waals surface area contributed by atoms with E-state index in [4.69, 9.17) is 14.7 Å². The van der Waals surface area contributed by atoms with Crippen molar-refractivity contribution in [3.05, 3.63) is 64.2 Å². The molecule has 0 atom stereocenters. The van der Waals surface area contributed by atoms with Gasteiger partial charge in [0.2, 0.25) is 6.79 Å². The van der Waals surface area contributed by atoms with E-state index in [2.05, 4.69) is 4.90 Å². The molecule has 9 nitrogen and oxygen atoms in total. The highest BCUT2D eigenvalue weighted by Crippen LogP contribution is 2.37. The number of benzene rings is 2. The van der Waals surface area contributed by atoms with Crippen LogP contribution in [0.25, 0.3) is 0 Å². The molecular formula is C31H31F3N4O5. The fraction of sp³-hybridized carbons (Fsp3) is 0.419. The normalized spacial score (nSPS) is 17.2. The van der Waals surface area contributed by atoms with Crippen molar-refractivity contribution in [3.8, 4) is 17.6 Å². The predicted molar refractivity (Wildman–Crippen MR) is 149 cm³/mol. The number of unbranched alkanes of at least 4 members (excludes halogenated alkanes) is 3. The number of hydrogen-bond donors (Lipinski definition) is 0. The summed E-state index contributed by atoms with van der Waals surface area (Å²) in [4.78, 5) is 43.7. The minimum absolute atomic E-state index is 0.0268. The Labute approximate surface area is 247 Å². The molecule has 0 aliphatic carbocycles. The number of amides is 3. The van der Waals surface area contributed by atoms with Crippen molar-refractivity contribution in [1.82, 2.24) is 9.80 Å². The van der Waals surface area contributed by atoms with E-state index < -0.39 is 29.1 Å². The van der Waals surface area contributed by atoms with Gasteiger partial charge in [0.05, 0.1) is 22.9 Å². The maximum Gasteiger partial charge on any atom is 0.417 e. The summed E-state index contributed by atoms with van der Waals surface area (Å²) < 4.78 is 50.9. The van der Waals surface area contributed by atoms with Gasteiger partial charge in [-0.3, -0.25) is 19.3 Å². The summed E-state index contributed by atoms with van der Waals surface area (Å²) in [5.74, 6) is -0.0592. The lowest BCUT2D eigenvalue weighted by Crippen LogP contribution is -2.48. The third-order valence-corrected chi connectivity index (χ3v) is 8.06. The molecular weight excluding hydrogens is 565 g/mol. The number of nitriles is 1. The first-order valence-electron chi connectivity index (χ1n) is 14.2. The molecule has 3 aliphatic heterocycles. The second-order valence-electron chi connectivity index (χ2n) is 10.8. The van der Waals surface area contributed by atoms with Crippen molar-refractivity contribution in [2.45, 2.75) is 45.2 Å². The van der Waals surface area contributed by atoms with E-state index in [-0.39, 0.29) is 24.0 Å². The fourth-order valence-electron chi connectivity index (χ4n) is 5.59. The van der Waals surface area contributed by atoms with Gasteiger partial charge in [-0.1, -0.05) is 12.8 Å². The van der Waals surface area contributed by atoms with E-state index in [0.29, 0.717) is 54.6 Å². The lowest BCUT2D eigenvalue weighted by molar-refractivity contribution is -0.138. The molecule has 3 heterocycles. The average Bonchev–Trinajstić information content (AvgIpc) is 3.55. The molecule has 0 spiro atoms. The van der Waals surface area contributed by atoms with Crippen molar-refractivity contribution >= 4 is 23.4 Å². The molecule has 3 aliphatic rings. The number of piperazine rings is 1. The third-order valence-electron chi connectivity index (χ3n) is 8.06. The highest BCUT2D eigenvalue weighted by molar-refractivity contribution is 6.32. The van der Waals surface area contributed by atoms with Gasteiger partial charge >= 0.3 is 6.18 Å². The summed E-state index contributed by atoms with van der Waals surface area (Å²) >= 11 is 0. The van der Waals surface area contributed by atoms with Gasteiger partial charge in [-0.05, 0) is 69.1 Å². The van der Waals surface area contributed by atoms with Crippen LogP contribution in [0, 0.1) is 11.3 Å². The summed E-state index contributed by atoms with van der Waals surface area (Å²) in [6.45, 7) is 5.39. The number of nitrogens with zero attached hydrogens (tertiary/aromatic N) is 4. The molecule has 0 aromatic heterocycles. The smallest absolute Gasteiger partial charge is 0.417 e. The van der Waals surface area contributed by atoms with Crippen molar-refractivity contribution in [2.75, 3.05) is 44.4 Å². The number of carbonyl (C=O) groups excluding carboxylic acids is 3. The van der Waals surface area contributed by atoms with E-state index in [1.54, 1.807) is 18.2 Å². The number of anilines is 1. The molecule has 3 amide bonds. The first-order chi connectivity index (χ1) is 20.6. The molecule has 226 valence electrons. The van der Waals surface area contributed by atoms with E-state index in [0.717, 1.165) is 49.9 Å². The van der Waals surface area contributed by atoms with Crippen molar-refractivity contribution < 1.29 is 37.0 Å². The Bertz CT molecular complexity index is 1510. The Balaban J connectivity index is 1.04. The molecule has 12 heteroatoms. The summed E-state index contributed by atoms with van der Waals surface area (Å²) in [6.07, 6.45) is -1.08. The van der Waals surface area contributed by atoms with Gasteiger partial charge in [0.25, 0.3) is 17.7 Å². The molecule has 0 bridgehead atoms. The molecule has 1 saturated heterocycles. The SMILES string of the molecule is CC1=C(CCCCCCN2CCN(C(=O)c3ccc4c(c3)OCO4)CC2)C(=O)N(c2ccc(C#N)c(C(F)(F)F)c2)C1=O. The molecule has 5 rings (SSSR count). The second-order valence-corrected chi connectivity index (χ2v) is 10.8. The van der Waals surface area contributed by atoms with E-state index in [1.165, 1.54) is 19.1 Å². The van der Waals surface area contributed by atoms with Gasteiger partial charge in [0.15, 0.2) is 11.5 Å². The Morgan fingerprint density at radius 2 is 1.65 bits per heavy atom. The van der Waals surface area contributed by atoms with Crippen LogP contribution in [0.4, 0.5) is 18.9 Å². The number of ether oxygens (including phenoxy) is 2. The largest absolute Gasteiger partial charge is 0.454 e. The number of halogens is 3. The second kappa shape index (κ2) is 12.5. The fourth-order valence-corrected chi connectivity index (χ4v) is 5.59. The van der Waals surface area contributed by atoms with Crippen LogP contribution in [-0.2, 0) is 15.8 Å². The minimum atomic E-state index is -4.79. The molecule has 43 heavy (non-hydrogen) atoms. The van der Waals surface area contributed by atoms with Crippen LogP contribution in [0.1, 0.15) is 60.5 Å². The van der Waals surface area contributed by atoms with Crippen molar-refractivity contribution in [2.24, 2.45) is 0 Å². The Morgan fingerprint density at radius 1 is 0.930 bits per heavy atom.